The van der Waals surface area contributed by atoms with Gasteiger partial charge in [0.15, 0.2) is 0 Å². The number of hydrogen-bond donors (Lipinski definition) is 0. The van der Waals surface area contributed by atoms with Crippen molar-refractivity contribution < 1.29 is 9.53 Å². The van der Waals surface area contributed by atoms with E-state index in [9.17, 15) is 4.79 Å². The Hall–Kier alpha value is -1.90. The van der Waals surface area contributed by atoms with Crippen LogP contribution in [0.4, 0.5) is 0 Å². The van der Waals surface area contributed by atoms with Crippen LogP contribution < -0.4 is 4.74 Å². The lowest BCUT2D eigenvalue weighted by Crippen LogP contribution is -2.15. The number of aromatic nitrogens is 1. The van der Waals surface area contributed by atoms with Gasteiger partial charge in [0.1, 0.15) is 12.0 Å². The minimum absolute atomic E-state index is 0.660. The summed E-state index contributed by atoms with van der Waals surface area (Å²) < 4.78 is 6.00. The SMILES string of the molecule is O=Cc1ccc2nccc(OCC3CCCCC3)c2c1. The Balaban J connectivity index is 1.80. The van der Waals surface area contributed by atoms with Crippen LogP contribution in [0.2, 0.25) is 0 Å². The van der Waals surface area contributed by atoms with Crippen molar-refractivity contribution in [2.75, 3.05) is 6.61 Å². The Bertz CT molecular complexity index is 603. The van der Waals surface area contributed by atoms with Crippen LogP contribution in [0.3, 0.4) is 0 Å². The molecule has 1 heterocycles. The Labute approximate surface area is 119 Å². The molecule has 1 aliphatic carbocycles. The van der Waals surface area contributed by atoms with Crippen LogP contribution in [0.25, 0.3) is 10.9 Å². The molecule has 0 bridgehead atoms. The molecule has 3 rings (SSSR count). The number of aldehydes is 1. The van der Waals surface area contributed by atoms with Crippen molar-refractivity contribution in [3.63, 3.8) is 0 Å². The summed E-state index contributed by atoms with van der Waals surface area (Å²) in [5.74, 6) is 1.51. The van der Waals surface area contributed by atoms with Crippen LogP contribution in [0.5, 0.6) is 5.75 Å². The van der Waals surface area contributed by atoms with Crippen molar-refractivity contribution in [1.82, 2.24) is 4.98 Å². The van der Waals surface area contributed by atoms with Crippen molar-refractivity contribution in [2.45, 2.75) is 32.1 Å². The van der Waals surface area contributed by atoms with Gasteiger partial charge < -0.3 is 4.74 Å². The smallest absolute Gasteiger partial charge is 0.150 e. The minimum Gasteiger partial charge on any atom is -0.493 e. The first kappa shape index (κ1) is 13.1. The number of hydrogen-bond acceptors (Lipinski definition) is 3. The Morgan fingerprint density at radius 2 is 2.05 bits per heavy atom. The first-order valence-corrected chi connectivity index (χ1v) is 7.33. The fourth-order valence-electron chi connectivity index (χ4n) is 2.90. The second-order valence-electron chi connectivity index (χ2n) is 5.52. The zero-order chi connectivity index (χ0) is 13.8. The van der Waals surface area contributed by atoms with E-state index in [4.69, 9.17) is 4.74 Å². The number of carbonyl (C=O) groups excluding carboxylic acids is 1. The second-order valence-corrected chi connectivity index (χ2v) is 5.52. The third kappa shape index (κ3) is 2.82. The fraction of sp³-hybridized carbons (Fsp3) is 0.412. The standard InChI is InChI=1S/C17H19NO2/c19-11-14-6-7-16-15(10-14)17(8-9-18-16)20-12-13-4-2-1-3-5-13/h6-11,13H,1-5,12H2. The molecule has 1 fully saturated rings. The maximum Gasteiger partial charge on any atom is 0.150 e. The highest BCUT2D eigenvalue weighted by atomic mass is 16.5. The normalized spacial score (nSPS) is 16.2. The number of nitrogens with zero attached hydrogens (tertiary/aromatic N) is 1. The molecule has 3 heteroatoms. The van der Waals surface area contributed by atoms with Gasteiger partial charge in [-0.1, -0.05) is 19.3 Å². The minimum atomic E-state index is 0.660. The molecule has 0 atom stereocenters. The lowest BCUT2D eigenvalue weighted by molar-refractivity contribution is 0.112. The highest BCUT2D eigenvalue weighted by Gasteiger charge is 2.14. The predicted octanol–water partition coefficient (Wildman–Crippen LogP) is 4.01. The van der Waals surface area contributed by atoms with E-state index in [0.717, 1.165) is 29.5 Å². The molecule has 20 heavy (non-hydrogen) atoms. The summed E-state index contributed by atoms with van der Waals surface area (Å²) in [4.78, 5) is 15.2. The molecule has 0 amide bonds. The van der Waals surface area contributed by atoms with E-state index in [1.807, 2.05) is 18.2 Å². The van der Waals surface area contributed by atoms with Gasteiger partial charge in [-0.15, -0.1) is 0 Å². The molecule has 0 saturated heterocycles. The van der Waals surface area contributed by atoms with Crippen LogP contribution in [-0.2, 0) is 0 Å². The molecule has 0 aliphatic heterocycles. The summed E-state index contributed by atoms with van der Waals surface area (Å²) in [5, 5.41) is 0.924. The highest BCUT2D eigenvalue weighted by Crippen LogP contribution is 2.28. The van der Waals surface area contributed by atoms with E-state index in [2.05, 4.69) is 4.98 Å². The molecular formula is C17H19NO2. The van der Waals surface area contributed by atoms with Crippen molar-refractivity contribution in [3.8, 4) is 5.75 Å². The van der Waals surface area contributed by atoms with E-state index in [1.54, 1.807) is 12.3 Å². The monoisotopic (exact) mass is 269 g/mol. The lowest BCUT2D eigenvalue weighted by atomic mass is 9.90. The Kier molecular flexibility index (Phi) is 3.95. The number of pyridine rings is 1. The zero-order valence-electron chi connectivity index (χ0n) is 11.5. The Morgan fingerprint density at radius 3 is 2.85 bits per heavy atom. The van der Waals surface area contributed by atoms with Gasteiger partial charge in [0.25, 0.3) is 0 Å². The van der Waals surface area contributed by atoms with Gasteiger partial charge in [-0.05, 0) is 43.0 Å². The van der Waals surface area contributed by atoms with Crippen LogP contribution in [0.15, 0.2) is 30.5 Å². The van der Waals surface area contributed by atoms with E-state index in [-0.39, 0.29) is 0 Å². The summed E-state index contributed by atoms with van der Waals surface area (Å²) >= 11 is 0. The number of carbonyl (C=O) groups is 1. The highest BCUT2D eigenvalue weighted by molar-refractivity contribution is 5.90. The van der Waals surface area contributed by atoms with Gasteiger partial charge >= 0.3 is 0 Å². The van der Waals surface area contributed by atoms with Gasteiger partial charge in [0, 0.05) is 17.1 Å². The molecule has 0 radical (unpaired) electrons. The van der Waals surface area contributed by atoms with Gasteiger partial charge in [-0.3, -0.25) is 9.78 Å². The van der Waals surface area contributed by atoms with Gasteiger partial charge in [-0.25, -0.2) is 0 Å². The second kappa shape index (κ2) is 6.04. The van der Waals surface area contributed by atoms with E-state index in [0.29, 0.717) is 11.5 Å². The molecule has 1 aromatic carbocycles. The molecule has 3 nitrogen and oxygen atoms in total. The van der Waals surface area contributed by atoms with Crippen molar-refractivity contribution in [3.05, 3.63) is 36.0 Å². The van der Waals surface area contributed by atoms with Crippen LogP contribution in [0, 0.1) is 5.92 Å². The van der Waals surface area contributed by atoms with Crippen LogP contribution in [0.1, 0.15) is 42.5 Å². The average Bonchev–Trinajstić information content (AvgIpc) is 2.53. The molecule has 104 valence electrons. The summed E-state index contributed by atoms with van der Waals surface area (Å²) in [6.45, 7) is 0.768. The third-order valence-corrected chi connectivity index (χ3v) is 4.06. The third-order valence-electron chi connectivity index (χ3n) is 4.06. The number of rotatable bonds is 4. The predicted molar refractivity (Wildman–Crippen MR) is 79.2 cm³/mol. The topological polar surface area (TPSA) is 39.2 Å². The molecule has 0 N–H and O–H groups in total. The Morgan fingerprint density at radius 1 is 1.20 bits per heavy atom. The van der Waals surface area contributed by atoms with Gasteiger partial charge in [-0.2, -0.15) is 0 Å². The molecule has 1 aromatic heterocycles. The van der Waals surface area contributed by atoms with Crippen molar-refractivity contribution >= 4 is 17.2 Å². The molecular weight excluding hydrogens is 250 g/mol. The summed E-state index contributed by atoms with van der Waals surface area (Å²) in [6.07, 6.45) is 9.15. The molecule has 0 spiro atoms. The van der Waals surface area contributed by atoms with Crippen molar-refractivity contribution in [1.29, 1.82) is 0 Å². The molecule has 1 saturated carbocycles. The fourth-order valence-corrected chi connectivity index (χ4v) is 2.90. The van der Waals surface area contributed by atoms with E-state index < -0.39 is 0 Å². The largest absolute Gasteiger partial charge is 0.493 e. The first-order valence-electron chi connectivity index (χ1n) is 7.33. The molecule has 2 aromatic rings. The van der Waals surface area contributed by atoms with Gasteiger partial charge in [0.05, 0.1) is 12.1 Å². The quantitative estimate of drug-likeness (QED) is 0.787. The number of fused-ring (bicyclic) bond motifs is 1. The number of ether oxygens (including phenoxy) is 1. The van der Waals surface area contributed by atoms with E-state index in [1.165, 1.54) is 32.1 Å². The maximum atomic E-state index is 10.9. The summed E-state index contributed by atoms with van der Waals surface area (Å²) in [5.41, 5.74) is 1.53. The first-order chi connectivity index (χ1) is 9.86. The van der Waals surface area contributed by atoms with Gasteiger partial charge in [0.2, 0.25) is 0 Å². The molecule has 0 unspecified atom stereocenters. The van der Waals surface area contributed by atoms with Crippen LogP contribution >= 0.6 is 0 Å². The summed E-state index contributed by atoms with van der Waals surface area (Å²) in [6, 6.07) is 7.39. The number of benzene rings is 1. The van der Waals surface area contributed by atoms with Crippen LogP contribution in [-0.4, -0.2) is 17.9 Å². The summed E-state index contributed by atoms with van der Waals surface area (Å²) in [7, 11) is 0. The van der Waals surface area contributed by atoms with Crippen molar-refractivity contribution in [2.24, 2.45) is 5.92 Å². The average molecular weight is 269 g/mol. The van der Waals surface area contributed by atoms with E-state index >= 15 is 0 Å². The lowest BCUT2D eigenvalue weighted by Gasteiger charge is -2.22. The zero-order valence-corrected chi connectivity index (χ0v) is 11.5. The maximum absolute atomic E-state index is 10.9. The molecule has 1 aliphatic rings.